The Balaban J connectivity index is 1.20. The number of sulfonamides is 1. The molecule has 0 atom stereocenters. The van der Waals surface area contributed by atoms with Gasteiger partial charge in [0, 0.05) is 39.3 Å². The highest BCUT2D eigenvalue weighted by Gasteiger charge is 2.47. The summed E-state index contributed by atoms with van der Waals surface area (Å²) in [5.74, 6) is -3.66. The molecule has 2 fully saturated rings. The second-order valence-corrected chi connectivity index (χ2v) is 14.1. The molecule has 1 aliphatic carbocycles. The van der Waals surface area contributed by atoms with Crippen LogP contribution in [0.3, 0.4) is 0 Å². The largest absolute Gasteiger partial charge is 0.501 e. The molecule has 7 rings (SSSR count). The number of aromatic hydroxyl groups is 1. The van der Waals surface area contributed by atoms with Gasteiger partial charge in [-0.25, -0.2) is 17.8 Å². The number of fused-ring (bicyclic) bond motifs is 2. The van der Waals surface area contributed by atoms with Crippen LogP contribution in [0.5, 0.6) is 5.75 Å². The summed E-state index contributed by atoms with van der Waals surface area (Å²) in [6.07, 6.45) is 1.88. The minimum atomic E-state index is -3.93. The molecular formula is C30H34FN7O8S. The fourth-order valence-electron chi connectivity index (χ4n) is 6.64. The molecule has 2 aromatic heterocycles. The Kier molecular flexibility index (Phi) is 8.38. The van der Waals surface area contributed by atoms with Crippen molar-refractivity contribution in [1.82, 2.24) is 34.5 Å². The Morgan fingerprint density at radius 3 is 2.36 bits per heavy atom. The van der Waals surface area contributed by atoms with Gasteiger partial charge < -0.3 is 25.2 Å². The minimum Gasteiger partial charge on any atom is -0.501 e. The number of aryl methyl sites for hydroxylation is 2. The van der Waals surface area contributed by atoms with E-state index in [1.54, 1.807) is 0 Å². The summed E-state index contributed by atoms with van der Waals surface area (Å²) in [6, 6.07) is 5.43. The molecule has 2 bridgehead atoms. The monoisotopic (exact) mass is 671 g/mol. The number of benzene rings is 1. The average molecular weight is 672 g/mol. The summed E-state index contributed by atoms with van der Waals surface area (Å²) in [5.41, 5.74) is -1.82. The first-order valence-corrected chi connectivity index (χ1v) is 16.7. The molecule has 0 unspecified atom stereocenters. The van der Waals surface area contributed by atoms with Crippen molar-refractivity contribution in [3.63, 3.8) is 0 Å². The van der Waals surface area contributed by atoms with Gasteiger partial charge >= 0.3 is 11.8 Å². The molecule has 3 aliphatic heterocycles. The molecule has 47 heavy (non-hydrogen) atoms. The zero-order valence-electron chi connectivity index (χ0n) is 25.8. The maximum Gasteiger partial charge on any atom is 0.311 e. The molecular weight excluding hydrogens is 637 g/mol. The van der Waals surface area contributed by atoms with Crippen LogP contribution < -0.4 is 16.2 Å². The first-order valence-electron chi connectivity index (χ1n) is 15.2. The van der Waals surface area contributed by atoms with Crippen molar-refractivity contribution in [3.05, 3.63) is 69.0 Å². The van der Waals surface area contributed by atoms with Crippen molar-refractivity contribution in [2.45, 2.75) is 63.1 Å². The van der Waals surface area contributed by atoms with E-state index in [1.165, 1.54) is 51.9 Å². The molecule has 3 aromatic rings. The van der Waals surface area contributed by atoms with E-state index in [2.05, 4.69) is 20.8 Å². The Hall–Kier alpha value is -4.64. The number of hydrogen-bond donors (Lipinski definition) is 3. The summed E-state index contributed by atoms with van der Waals surface area (Å²) >= 11 is 0. The van der Waals surface area contributed by atoms with E-state index in [1.807, 2.05) is 0 Å². The van der Waals surface area contributed by atoms with Crippen LogP contribution in [0, 0.1) is 25.6 Å². The Labute approximate surface area is 268 Å². The Morgan fingerprint density at radius 2 is 1.74 bits per heavy atom. The van der Waals surface area contributed by atoms with Gasteiger partial charge in [-0.1, -0.05) is 17.3 Å². The third-order valence-corrected chi connectivity index (χ3v) is 11.3. The van der Waals surface area contributed by atoms with Crippen LogP contribution in [-0.2, 0) is 38.2 Å². The van der Waals surface area contributed by atoms with Crippen molar-refractivity contribution in [3.8, 4) is 5.75 Å². The fraction of sp³-hybridized carbons (Fsp3) is 0.467. The number of carbonyl (C=O) groups is 3. The minimum absolute atomic E-state index is 0.0194. The topological polar surface area (TPSA) is 197 Å². The third kappa shape index (κ3) is 5.88. The van der Waals surface area contributed by atoms with E-state index in [9.17, 15) is 37.1 Å². The van der Waals surface area contributed by atoms with Crippen LogP contribution in [-0.4, -0.2) is 81.3 Å². The maximum atomic E-state index is 13.5. The van der Waals surface area contributed by atoms with E-state index in [4.69, 9.17) is 4.52 Å². The predicted molar refractivity (Wildman–Crippen MR) is 161 cm³/mol. The van der Waals surface area contributed by atoms with Gasteiger partial charge in [0.1, 0.15) is 22.2 Å². The van der Waals surface area contributed by atoms with Gasteiger partial charge in [0.2, 0.25) is 15.8 Å². The lowest BCUT2D eigenvalue weighted by molar-refractivity contribution is -0.148. The first-order chi connectivity index (χ1) is 22.3. The fourth-order valence-corrected chi connectivity index (χ4v) is 8.35. The molecule has 3 amide bonds. The van der Waals surface area contributed by atoms with Crippen LogP contribution in [0.25, 0.3) is 0 Å². The highest BCUT2D eigenvalue weighted by Crippen LogP contribution is 2.43. The smallest absolute Gasteiger partial charge is 0.311 e. The van der Waals surface area contributed by atoms with E-state index in [-0.39, 0.29) is 67.4 Å². The van der Waals surface area contributed by atoms with Gasteiger partial charge in [-0.2, -0.15) is 4.31 Å². The van der Waals surface area contributed by atoms with Crippen LogP contribution in [0.2, 0.25) is 0 Å². The van der Waals surface area contributed by atoms with Crippen LogP contribution in [0.15, 0.2) is 38.5 Å². The number of nitrogens with zero attached hydrogens (tertiary/aromatic N) is 5. The van der Waals surface area contributed by atoms with Gasteiger partial charge in [-0.05, 0) is 63.1 Å². The molecule has 250 valence electrons. The van der Waals surface area contributed by atoms with Crippen molar-refractivity contribution in [1.29, 1.82) is 0 Å². The van der Waals surface area contributed by atoms with Crippen LogP contribution in [0.4, 0.5) is 4.39 Å². The molecule has 3 N–H and O–H groups in total. The molecule has 1 aromatic carbocycles. The second-order valence-electron chi connectivity index (χ2n) is 12.2. The SMILES string of the molecule is Cc1noc(C)c1S(=O)(=O)N1CCN(C(=O)C(=O)NC23CCC(CC2)Cn2c3nc(C(=O)NCc3ccc(F)cc3)c(O)c2=O)CC1. The number of carbonyl (C=O) groups excluding carboxylic acids is 3. The van der Waals surface area contributed by atoms with Gasteiger partial charge in [-0.3, -0.25) is 23.7 Å². The van der Waals surface area contributed by atoms with Crippen LogP contribution >= 0.6 is 0 Å². The maximum absolute atomic E-state index is 13.5. The van der Waals surface area contributed by atoms with Gasteiger partial charge in [0.15, 0.2) is 11.5 Å². The highest BCUT2D eigenvalue weighted by molar-refractivity contribution is 7.89. The van der Waals surface area contributed by atoms with Gasteiger partial charge in [0.05, 0.1) is 5.54 Å². The number of amides is 3. The quantitative estimate of drug-likeness (QED) is 0.313. The highest BCUT2D eigenvalue weighted by atomic mass is 32.2. The number of rotatable bonds is 6. The summed E-state index contributed by atoms with van der Waals surface area (Å²) < 4.78 is 47.2. The first kappa shape index (κ1) is 32.3. The molecule has 1 saturated carbocycles. The normalized spacial score (nSPS) is 21.2. The summed E-state index contributed by atoms with van der Waals surface area (Å²) in [7, 11) is -3.93. The Bertz CT molecular complexity index is 1890. The zero-order chi connectivity index (χ0) is 33.7. The van der Waals surface area contributed by atoms with Crippen molar-refractivity contribution in [2.75, 3.05) is 26.2 Å². The number of nitrogens with one attached hydrogen (secondary N) is 2. The molecule has 0 radical (unpaired) electrons. The molecule has 15 nitrogen and oxygen atoms in total. The third-order valence-electron chi connectivity index (χ3n) is 9.19. The number of aromatic nitrogens is 3. The molecule has 1 saturated heterocycles. The lowest BCUT2D eigenvalue weighted by Crippen LogP contribution is -2.57. The lowest BCUT2D eigenvalue weighted by Gasteiger charge is -2.38. The summed E-state index contributed by atoms with van der Waals surface area (Å²) in [6.45, 7) is 3.06. The van der Waals surface area contributed by atoms with Crippen molar-refractivity contribution < 1.29 is 36.8 Å². The van der Waals surface area contributed by atoms with Crippen molar-refractivity contribution >= 4 is 27.7 Å². The lowest BCUT2D eigenvalue weighted by atomic mass is 9.77. The van der Waals surface area contributed by atoms with E-state index in [0.29, 0.717) is 31.2 Å². The molecule has 17 heteroatoms. The van der Waals surface area contributed by atoms with E-state index in [0.717, 1.165) is 0 Å². The van der Waals surface area contributed by atoms with Crippen molar-refractivity contribution in [2.24, 2.45) is 5.92 Å². The number of halogens is 1. The zero-order valence-corrected chi connectivity index (χ0v) is 26.6. The summed E-state index contributed by atoms with van der Waals surface area (Å²) in [4.78, 5) is 59.0. The predicted octanol–water partition coefficient (Wildman–Crippen LogP) is 0.671. The molecule has 4 aliphatic rings. The molecule has 5 heterocycles. The van der Waals surface area contributed by atoms with Gasteiger partial charge in [0.25, 0.3) is 11.5 Å². The Morgan fingerprint density at radius 1 is 1.09 bits per heavy atom. The van der Waals surface area contributed by atoms with E-state index >= 15 is 0 Å². The number of hydrogen-bond acceptors (Lipinski definition) is 10. The number of piperazine rings is 1. The van der Waals surface area contributed by atoms with Gasteiger partial charge in [-0.15, -0.1) is 0 Å². The summed E-state index contributed by atoms with van der Waals surface area (Å²) in [5, 5.41) is 19.8. The van der Waals surface area contributed by atoms with E-state index < -0.39 is 56.1 Å². The van der Waals surface area contributed by atoms with Crippen LogP contribution in [0.1, 0.15) is 59.0 Å². The standard InChI is InChI=1S/C30H34FN7O8S/c1-17-24(18(2)46-35-17)47(44,45)37-13-11-36(12-14-37)28(43)26(41)34-30-9-7-20(8-10-30)16-38-27(42)23(39)22(33-29(30)38)25(40)32-15-19-3-5-21(31)6-4-19/h3-6,20,39H,7-16H2,1-2H3,(H,32,40)(H,34,41). The average Bonchev–Trinajstić information content (AvgIpc) is 3.24. The molecule has 0 spiro atoms. The second kappa shape index (κ2) is 12.2.